The fourth-order valence-electron chi connectivity index (χ4n) is 2.08. The third-order valence-electron chi connectivity index (χ3n) is 3.24. The number of hydrogen-bond donors (Lipinski definition) is 1. The second-order valence-corrected chi connectivity index (χ2v) is 4.63. The van der Waals surface area contributed by atoms with Gasteiger partial charge in [0, 0.05) is 18.6 Å². The van der Waals surface area contributed by atoms with Gasteiger partial charge in [-0.2, -0.15) is 0 Å². The molecule has 0 radical (unpaired) electrons. The monoisotopic (exact) mass is 204 g/mol. The van der Waals surface area contributed by atoms with E-state index in [0.717, 1.165) is 12.6 Å². The highest BCUT2D eigenvalue weighted by atomic mass is 15.2. The standard InChI is InChI=1S/C13H20N2/c1-10-5-3-4-6-12(10)13(14)9-15(2)11-7-8-11/h3-6,11,13H,7-9,14H2,1-2H3. The molecule has 0 bridgehead atoms. The third kappa shape index (κ3) is 2.58. The summed E-state index contributed by atoms with van der Waals surface area (Å²) in [6.45, 7) is 3.10. The van der Waals surface area contributed by atoms with Crippen LogP contribution < -0.4 is 5.73 Å². The van der Waals surface area contributed by atoms with E-state index < -0.39 is 0 Å². The Balaban J connectivity index is 2.00. The van der Waals surface area contributed by atoms with Crippen LogP contribution in [0.1, 0.15) is 30.0 Å². The Labute approximate surface area is 92.1 Å². The molecule has 1 aromatic rings. The zero-order valence-electron chi connectivity index (χ0n) is 9.61. The van der Waals surface area contributed by atoms with Crippen molar-refractivity contribution < 1.29 is 0 Å². The van der Waals surface area contributed by atoms with Crippen molar-refractivity contribution in [3.63, 3.8) is 0 Å². The van der Waals surface area contributed by atoms with Gasteiger partial charge in [0.1, 0.15) is 0 Å². The maximum absolute atomic E-state index is 6.22. The lowest BCUT2D eigenvalue weighted by Gasteiger charge is -2.22. The summed E-state index contributed by atoms with van der Waals surface area (Å²) in [5, 5.41) is 0. The molecule has 2 N–H and O–H groups in total. The first kappa shape index (κ1) is 10.7. The summed E-state index contributed by atoms with van der Waals surface area (Å²) in [7, 11) is 2.18. The minimum Gasteiger partial charge on any atom is -0.323 e. The molecule has 82 valence electrons. The second-order valence-electron chi connectivity index (χ2n) is 4.63. The van der Waals surface area contributed by atoms with Crippen LogP contribution in [0.3, 0.4) is 0 Å². The Bertz CT molecular complexity index is 331. The molecular weight excluding hydrogens is 184 g/mol. The van der Waals surface area contributed by atoms with Gasteiger partial charge < -0.3 is 10.6 Å². The molecule has 1 atom stereocenters. The summed E-state index contributed by atoms with van der Waals surface area (Å²) in [4.78, 5) is 2.39. The van der Waals surface area contributed by atoms with Gasteiger partial charge in [0.15, 0.2) is 0 Å². The molecule has 2 nitrogen and oxygen atoms in total. The van der Waals surface area contributed by atoms with Crippen LogP contribution in [0.2, 0.25) is 0 Å². The predicted molar refractivity (Wildman–Crippen MR) is 63.8 cm³/mol. The topological polar surface area (TPSA) is 29.3 Å². The molecule has 15 heavy (non-hydrogen) atoms. The lowest BCUT2D eigenvalue weighted by Crippen LogP contribution is -2.31. The smallest absolute Gasteiger partial charge is 0.0426 e. The van der Waals surface area contributed by atoms with Crippen molar-refractivity contribution in [2.24, 2.45) is 5.73 Å². The molecule has 1 aromatic carbocycles. The first-order valence-corrected chi connectivity index (χ1v) is 5.70. The third-order valence-corrected chi connectivity index (χ3v) is 3.24. The van der Waals surface area contributed by atoms with Crippen LogP contribution in [0.15, 0.2) is 24.3 Å². The van der Waals surface area contributed by atoms with Crippen LogP contribution in [-0.2, 0) is 0 Å². The van der Waals surface area contributed by atoms with Crippen molar-refractivity contribution in [2.75, 3.05) is 13.6 Å². The maximum Gasteiger partial charge on any atom is 0.0426 e. The molecule has 2 heteroatoms. The number of nitrogens with two attached hydrogens (primary N) is 1. The summed E-state index contributed by atoms with van der Waals surface area (Å²) in [6.07, 6.45) is 2.69. The van der Waals surface area contributed by atoms with Gasteiger partial charge in [-0.1, -0.05) is 24.3 Å². The first-order valence-electron chi connectivity index (χ1n) is 5.70. The van der Waals surface area contributed by atoms with E-state index in [-0.39, 0.29) is 6.04 Å². The molecular formula is C13H20N2. The van der Waals surface area contributed by atoms with Gasteiger partial charge >= 0.3 is 0 Å². The highest BCUT2D eigenvalue weighted by Crippen LogP contribution is 2.27. The van der Waals surface area contributed by atoms with E-state index in [9.17, 15) is 0 Å². The van der Waals surface area contributed by atoms with Crippen LogP contribution in [0, 0.1) is 6.92 Å². The van der Waals surface area contributed by atoms with Crippen LogP contribution in [0.4, 0.5) is 0 Å². The zero-order chi connectivity index (χ0) is 10.8. The van der Waals surface area contributed by atoms with Crippen molar-refractivity contribution >= 4 is 0 Å². The van der Waals surface area contributed by atoms with E-state index >= 15 is 0 Å². The highest BCUT2D eigenvalue weighted by molar-refractivity contribution is 5.28. The van der Waals surface area contributed by atoms with E-state index in [1.165, 1.54) is 24.0 Å². The number of rotatable bonds is 4. The molecule has 0 amide bonds. The zero-order valence-corrected chi connectivity index (χ0v) is 9.61. The van der Waals surface area contributed by atoms with Gasteiger partial charge in [-0.05, 0) is 37.9 Å². The number of benzene rings is 1. The molecule has 1 aliphatic rings. The first-order chi connectivity index (χ1) is 7.18. The summed E-state index contributed by atoms with van der Waals surface area (Å²) in [5.74, 6) is 0. The Hall–Kier alpha value is -0.860. The summed E-state index contributed by atoms with van der Waals surface area (Å²) < 4.78 is 0. The molecule has 1 aliphatic carbocycles. The van der Waals surface area contributed by atoms with Gasteiger partial charge in [-0.25, -0.2) is 0 Å². The van der Waals surface area contributed by atoms with E-state index in [0.29, 0.717) is 0 Å². The van der Waals surface area contributed by atoms with Crippen molar-refractivity contribution in [3.05, 3.63) is 35.4 Å². The average Bonchev–Trinajstić information content (AvgIpc) is 3.01. The normalized spacial score (nSPS) is 18.1. The number of nitrogens with zero attached hydrogens (tertiary/aromatic N) is 1. The summed E-state index contributed by atoms with van der Waals surface area (Å²) >= 11 is 0. The molecule has 1 fully saturated rings. The van der Waals surface area contributed by atoms with Crippen LogP contribution in [-0.4, -0.2) is 24.5 Å². The Kier molecular flexibility index (Phi) is 3.08. The quantitative estimate of drug-likeness (QED) is 0.813. The minimum absolute atomic E-state index is 0.150. The van der Waals surface area contributed by atoms with Crippen LogP contribution in [0.5, 0.6) is 0 Å². The Morgan fingerprint density at radius 2 is 2.07 bits per heavy atom. The van der Waals surface area contributed by atoms with Crippen molar-refractivity contribution in [2.45, 2.75) is 31.8 Å². The number of likely N-dealkylation sites (N-methyl/N-ethyl adjacent to an activating group) is 1. The van der Waals surface area contributed by atoms with E-state index in [4.69, 9.17) is 5.73 Å². The van der Waals surface area contributed by atoms with Crippen LogP contribution >= 0.6 is 0 Å². The van der Waals surface area contributed by atoms with Gasteiger partial charge in [-0.3, -0.25) is 0 Å². The van der Waals surface area contributed by atoms with Crippen molar-refractivity contribution in [1.82, 2.24) is 4.90 Å². The molecule has 0 aromatic heterocycles. The van der Waals surface area contributed by atoms with Crippen molar-refractivity contribution in [3.8, 4) is 0 Å². The van der Waals surface area contributed by atoms with Gasteiger partial charge in [0.05, 0.1) is 0 Å². The fraction of sp³-hybridized carbons (Fsp3) is 0.538. The predicted octanol–water partition coefficient (Wildman–Crippen LogP) is 2.09. The van der Waals surface area contributed by atoms with E-state index in [2.05, 4.69) is 43.1 Å². The molecule has 1 saturated carbocycles. The summed E-state index contributed by atoms with van der Waals surface area (Å²) in [6, 6.07) is 9.35. The van der Waals surface area contributed by atoms with Gasteiger partial charge in [0.25, 0.3) is 0 Å². The molecule has 0 aliphatic heterocycles. The molecule has 0 heterocycles. The fourth-order valence-corrected chi connectivity index (χ4v) is 2.08. The summed E-state index contributed by atoms with van der Waals surface area (Å²) in [5.41, 5.74) is 8.80. The second kappa shape index (κ2) is 4.33. The largest absolute Gasteiger partial charge is 0.323 e. The van der Waals surface area contributed by atoms with Gasteiger partial charge in [0.2, 0.25) is 0 Å². The molecule has 2 rings (SSSR count). The molecule has 0 saturated heterocycles. The van der Waals surface area contributed by atoms with E-state index in [1.54, 1.807) is 0 Å². The number of hydrogen-bond acceptors (Lipinski definition) is 2. The minimum atomic E-state index is 0.150. The van der Waals surface area contributed by atoms with Crippen LogP contribution in [0.25, 0.3) is 0 Å². The SMILES string of the molecule is Cc1ccccc1C(N)CN(C)C1CC1. The lowest BCUT2D eigenvalue weighted by molar-refractivity contribution is 0.302. The maximum atomic E-state index is 6.22. The lowest BCUT2D eigenvalue weighted by atomic mass is 10.0. The molecule has 0 spiro atoms. The molecule has 1 unspecified atom stereocenters. The van der Waals surface area contributed by atoms with E-state index in [1.807, 2.05) is 0 Å². The van der Waals surface area contributed by atoms with Gasteiger partial charge in [-0.15, -0.1) is 0 Å². The Morgan fingerprint density at radius 3 is 2.67 bits per heavy atom. The number of aryl methyl sites for hydroxylation is 1. The highest BCUT2D eigenvalue weighted by Gasteiger charge is 2.27. The van der Waals surface area contributed by atoms with Crippen molar-refractivity contribution in [1.29, 1.82) is 0 Å². The average molecular weight is 204 g/mol. The Morgan fingerprint density at radius 1 is 1.40 bits per heavy atom.